The molecule has 2 aromatic heterocycles. The summed E-state index contributed by atoms with van der Waals surface area (Å²) in [6.07, 6.45) is 0. The number of hydrogen-bond acceptors (Lipinski definition) is 0. The Morgan fingerprint density at radius 3 is 1.29 bits per heavy atom. The van der Waals surface area contributed by atoms with Gasteiger partial charge in [-0.05, 0) is 109 Å². The molecule has 56 heavy (non-hydrogen) atoms. The van der Waals surface area contributed by atoms with Crippen LogP contribution in [0.2, 0.25) is 0 Å². The van der Waals surface area contributed by atoms with Crippen LogP contribution in [0, 0.1) is 0 Å². The Labute approximate surface area is 323 Å². The summed E-state index contributed by atoms with van der Waals surface area (Å²) in [6, 6.07) is 75.7. The van der Waals surface area contributed by atoms with Crippen LogP contribution < -0.4 is 0 Å². The van der Waals surface area contributed by atoms with Crippen molar-refractivity contribution in [3.05, 3.63) is 206 Å². The zero-order valence-electron chi connectivity index (χ0n) is 30.5. The van der Waals surface area contributed by atoms with Crippen molar-refractivity contribution in [1.82, 2.24) is 9.13 Å². The Hall–Kier alpha value is -7.42. The van der Waals surface area contributed by atoms with Gasteiger partial charge in [0.25, 0.3) is 0 Å². The molecule has 2 nitrogen and oxygen atoms in total. The molecule has 0 radical (unpaired) electrons. The first-order valence-electron chi connectivity index (χ1n) is 19.3. The summed E-state index contributed by atoms with van der Waals surface area (Å²) in [4.78, 5) is 0. The third kappa shape index (κ3) is 4.57. The second-order valence-corrected chi connectivity index (χ2v) is 14.9. The van der Waals surface area contributed by atoms with Crippen LogP contribution in [-0.2, 0) is 0 Å². The molecule has 0 spiro atoms. The summed E-state index contributed by atoms with van der Waals surface area (Å²) >= 11 is 0. The first-order valence-corrected chi connectivity index (χ1v) is 19.3. The van der Waals surface area contributed by atoms with Crippen LogP contribution in [0.3, 0.4) is 0 Å². The van der Waals surface area contributed by atoms with E-state index in [9.17, 15) is 0 Å². The molecule has 0 atom stereocenters. The fourth-order valence-corrected chi connectivity index (χ4v) is 9.33. The van der Waals surface area contributed by atoms with Crippen LogP contribution in [0.5, 0.6) is 0 Å². The molecule has 0 aliphatic rings. The Kier molecular flexibility index (Phi) is 6.66. The number of hydrogen-bond donors (Lipinski definition) is 0. The van der Waals surface area contributed by atoms with Crippen molar-refractivity contribution in [2.24, 2.45) is 0 Å². The van der Waals surface area contributed by atoms with Crippen LogP contribution in [0.1, 0.15) is 0 Å². The molecule has 0 amide bonds. The summed E-state index contributed by atoms with van der Waals surface area (Å²) in [7, 11) is 0. The third-order valence-electron chi connectivity index (χ3n) is 11.9. The fourth-order valence-electron chi connectivity index (χ4n) is 9.33. The van der Waals surface area contributed by atoms with Gasteiger partial charge in [-0.1, -0.05) is 152 Å². The summed E-state index contributed by atoms with van der Waals surface area (Å²) in [5.74, 6) is 0. The van der Waals surface area contributed by atoms with Gasteiger partial charge in [-0.3, -0.25) is 0 Å². The normalized spacial score (nSPS) is 11.9. The molecule has 12 aromatic rings. The van der Waals surface area contributed by atoms with Gasteiger partial charge >= 0.3 is 0 Å². The molecule has 260 valence electrons. The van der Waals surface area contributed by atoms with Gasteiger partial charge in [-0.25, -0.2) is 0 Å². The van der Waals surface area contributed by atoms with E-state index in [1.165, 1.54) is 104 Å². The van der Waals surface area contributed by atoms with Crippen molar-refractivity contribution in [2.45, 2.75) is 0 Å². The van der Waals surface area contributed by atoms with Gasteiger partial charge in [0.15, 0.2) is 0 Å². The van der Waals surface area contributed by atoms with Crippen molar-refractivity contribution in [2.75, 3.05) is 0 Å². The van der Waals surface area contributed by atoms with Crippen molar-refractivity contribution in [1.29, 1.82) is 0 Å². The second-order valence-electron chi connectivity index (χ2n) is 14.9. The molecule has 0 N–H and O–H groups in total. The van der Waals surface area contributed by atoms with E-state index in [2.05, 4.69) is 215 Å². The molecule has 0 bridgehead atoms. The maximum atomic E-state index is 2.44. The predicted octanol–water partition coefficient (Wildman–Crippen LogP) is 14.7. The largest absolute Gasteiger partial charge is 0.309 e. The van der Waals surface area contributed by atoms with Crippen LogP contribution in [0.25, 0.3) is 110 Å². The first-order chi connectivity index (χ1) is 27.8. The number of aromatic nitrogens is 2. The SMILES string of the molecule is c1ccc(-c2ccc(-n3c4ccccc4c4ccc(-c5ccc6c(c5)c5ccccc5n6-c5ccc6c7ccccc7c7ccccc7c6c5)cc43)cc2)cc1. The van der Waals surface area contributed by atoms with Crippen LogP contribution in [-0.4, -0.2) is 9.13 Å². The molecule has 12 rings (SSSR count). The monoisotopic (exact) mass is 710 g/mol. The van der Waals surface area contributed by atoms with E-state index in [-0.39, 0.29) is 0 Å². The fraction of sp³-hybridized carbons (Fsp3) is 0. The minimum absolute atomic E-state index is 1.16. The zero-order valence-corrected chi connectivity index (χ0v) is 30.5. The molecule has 0 aliphatic heterocycles. The van der Waals surface area contributed by atoms with Gasteiger partial charge in [0.1, 0.15) is 0 Å². The highest BCUT2D eigenvalue weighted by Gasteiger charge is 2.17. The number of nitrogens with zero attached hydrogens (tertiary/aromatic N) is 2. The highest BCUT2D eigenvalue weighted by molar-refractivity contribution is 6.25. The lowest BCUT2D eigenvalue weighted by molar-refractivity contribution is 1.18. The smallest absolute Gasteiger partial charge is 0.0547 e. The van der Waals surface area contributed by atoms with Crippen LogP contribution in [0.4, 0.5) is 0 Å². The van der Waals surface area contributed by atoms with Gasteiger partial charge in [0.05, 0.1) is 22.1 Å². The Balaban J connectivity index is 1.03. The number of para-hydroxylation sites is 2. The molecule has 2 heterocycles. The summed E-state index contributed by atoms with van der Waals surface area (Å²) in [5, 5.41) is 12.7. The van der Waals surface area contributed by atoms with Gasteiger partial charge in [-0.2, -0.15) is 0 Å². The summed E-state index contributed by atoms with van der Waals surface area (Å²) in [5.41, 5.74) is 12.0. The molecule has 10 aromatic carbocycles. The lowest BCUT2D eigenvalue weighted by Gasteiger charge is -2.14. The average molecular weight is 711 g/mol. The molecular weight excluding hydrogens is 677 g/mol. The minimum Gasteiger partial charge on any atom is -0.309 e. The van der Waals surface area contributed by atoms with E-state index in [1.807, 2.05) is 0 Å². The lowest BCUT2D eigenvalue weighted by Crippen LogP contribution is -1.95. The summed E-state index contributed by atoms with van der Waals surface area (Å²) in [6.45, 7) is 0. The number of fused-ring (bicyclic) bond motifs is 12. The Bertz CT molecular complexity index is 3480. The second kappa shape index (κ2) is 12.0. The Morgan fingerprint density at radius 1 is 0.196 bits per heavy atom. The minimum atomic E-state index is 1.16. The van der Waals surface area contributed by atoms with Gasteiger partial charge in [0.2, 0.25) is 0 Å². The van der Waals surface area contributed by atoms with Crippen molar-refractivity contribution in [3.8, 4) is 33.6 Å². The molecular formula is C54H34N2. The number of rotatable bonds is 4. The molecule has 0 fully saturated rings. The average Bonchev–Trinajstić information content (AvgIpc) is 3.79. The lowest BCUT2D eigenvalue weighted by atomic mass is 9.94. The topological polar surface area (TPSA) is 9.86 Å². The molecule has 0 aliphatic carbocycles. The highest BCUT2D eigenvalue weighted by atomic mass is 15.0. The van der Waals surface area contributed by atoms with Gasteiger partial charge in [-0.15, -0.1) is 0 Å². The van der Waals surface area contributed by atoms with Crippen LogP contribution >= 0.6 is 0 Å². The van der Waals surface area contributed by atoms with Crippen molar-refractivity contribution < 1.29 is 0 Å². The molecule has 0 saturated carbocycles. The van der Waals surface area contributed by atoms with Crippen molar-refractivity contribution >= 4 is 75.9 Å². The van der Waals surface area contributed by atoms with Gasteiger partial charge < -0.3 is 9.13 Å². The standard InChI is InChI=1S/C54H34N2/c1-2-12-35(13-3-1)36-22-26-39(27-23-36)55-51-20-10-8-18-46(51)48-29-24-38(33-54(48)55)37-25-31-53-50(32-37)47-19-9-11-21-52(47)56(53)40-28-30-45-43-16-5-4-14-41(43)42-15-6-7-17-44(42)49(45)34-40/h1-34H. The van der Waals surface area contributed by atoms with Gasteiger partial charge in [0, 0.05) is 32.9 Å². The summed E-state index contributed by atoms with van der Waals surface area (Å²) < 4.78 is 4.86. The maximum absolute atomic E-state index is 2.44. The van der Waals surface area contributed by atoms with E-state index in [4.69, 9.17) is 0 Å². The Morgan fingerprint density at radius 2 is 0.607 bits per heavy atom. The number of benzene rings is 10. The highest BCUT2D eigenvalue weighted by Crippen LogP contribution is 2.40. The maximum Gasteiger partial charge on any atom is 0.0547 e. The first kappa shape index (κ1) is 31.0. The van der Waals surface area contributed by atoms with E-state index in [1.54, 1.807) is 0 Å². The molecule has 2 heteroatoms. The predicted molar refractivity (Wildman–Crippen MR) is 239 cm³/mol. The third-order valence-corrected chi connectivity index (χ3v) is 11.9. The molecule has 0 saturated heterocycles. The van der Waals surface area contributed by atoms with Crippen molar-refractivity contribution in [3.63, 3.8) is 0 Å². The van der Waals surface area contributed by atoms with Crippen LogP contribution in [0.15, 0.2) is 206 Å². The van der Waals surface area contributed by atoms with E-state index in [0.29, 0.717) is 0 Å². The van der Waals surface area contributed by atoms with E-state index in [0.717, 1.165) is 5.69 Å². The molecule has 0 unspecified atom stereocenters. The van der Waals surface area contributed by atoms with E-state index < -0.39 is 0 Å². The van der Waals surface area contributed by atoms with E-state index >= 15 is 0 Å². The zero-order chi connectivity index (χ0) is 36.7. The quantitative estimate of drug-likeness (QED) is 0.161.